The van der Waals surface area contributed by atoms with Gasteiger partial charge in [-0.1, -0.05) is 18.2 Å². The van der Waals surface area contributed by atoms with Crippen LogP contribution in [-0.2, 0) is 6.18 Å². The molecule has 8 heteroatoms. The number of nitrogens with one attached hydrogen (secondary N) is 1. The standard InChI is InChI=1S/C16H15F3N4O/c17-16(18,19)11-6-4-10(5-7-11)15-21-14(9-20)22-23(15)12-2-1-3-13(24)8-12/h1-8,14,22,24H,9,20H2. The van der Waals surface area contributed by atoms with E-state index in [1.54, 1.807) is 17.1 Å². The van der Waals surface area contributed by atoms with Gasteiger partial charge in [-0.05, 0) is 24.3 Å². The summed E-state index contributed by atoms with van der Waals surface area (Å²) in [5.74, 6) is 0.502. The van der Waals surface area contributed by atoms with Crippen molar-refractivity contribution >= 4 is 11.5 Å². The SMILES string of the molecule is NCC1N=C(c2ccc(C(F)(F)F)cc2)N(c2cccc(O)c2)N1. The summed E-state index contributed by atoms with van der Waals surface area (Å²) in [6, 6.07) is 11.2. The van der Waals surface area contributed by atoms with Gasteiger partial charge in [-0.3, -0.25) is 5.01 Å². The van der Waals surface area contributed by atoms with E-state index in [9.17, 15) is 18.3 Å². The van der Waals surface area contributed by atoms with E-state index in [4.69, 9.17) is 5.73 Å². The first-order chi connectivity index (χ1) is 11.4. The predicted octanol–water partition coefficient (Wildman–Crippen LogP) is 2.47. The molecular weight excluding hydrogens is 321 g/mol. The van der Waals surface area contributed by atoms with Crippen molar-refractivity contribution in [1.29, 1.82) is 0 Å². The van der Waals surface area contributed by atoms with Crippen LogP contribution in [0.1, 0.15) is 11.1 Å². The second-order valence-electron chi connectivity index (χ2n) is 5.26. The number of phenolic OH excluding ortho intramolecular Hbond substituents is 1. The number of alkyl halides is 3. The Hall–Kier alpha value is -2.58. The molecule has 0 amide bonds. The molecule has 2 aromatic carbocycles. The number of halogens is 3. The molecule has 5 nitrogen and oxygen atoms in total. The zero-order valence-electron chi connectivity index (χ0n) is 12.5. The van der Waals surface area contributed by atoms with E-state index < -0.39 is 17.9 Å². The van der Waals surface area contributed by atoms with E-state index in [2.05, 4.69) is 10.4 Å². The van der Waals surface area contributed by atoms with Crippen LogP contribution in [0.5, 0.6) is 5.75 Å². The predicted molar refractivity (Wildman–Crippen MR) is 84.5 cm³/mol. The third-order valence-corrected chi connectivity index (χ3v) is 3.55. The molecule has 1 atom stereocenters. The van der Waals surface area contributed by atoms with Crippen LogP contribution in [0.2, 0.25) is 0 Å². The molecule has 1 aliphatic rings. The molecular formula is C16H15F3N4O. The van der Waals surface area contributed by atoms with Gasteiger partial charge < -0.3 is 10.8 Å². The summed E-state index contributed by atoms with van der Waals surface area (Å²) in [4.78, 5) is 4.40. The molecule has 0 aromatic heterocycles. The Kier molecular flexibility index (Phi) is 4.16. The van der Waals surface area contributed by atoms with Crippen molar-refractivity contribution < 1.29 is 18.3 Å². The second kappa shape index (κ2) is 6.14. The van der Waals surface area contributed by atoms with Crippen molar-refractivity contribution in [2.24, 2.45) is 10.7 Å². The van der Waals surface area contributed by atoms with Crippen molar-refractivity contribution in [3.8, 4) is 5.75 Å². The second-order valence-corrected chi connectivity index (χ2v) is 5.26. The molecule has 0 spiro atoms. The van der Waals surface area contributed by atoms with Gasteiger partial charge in [-0.25, -0.2) is 10.4 Å². The summed E-state index contributed by atoms with van der Waals surface area (Å²) in [5, 5.41) is 11.2. The summed E-state index contributed by atoms with van der Waals surface area (Å²) in [7, 11) is 0. The van der Waals surface area contributed by atoms with E-state index in [0.717, 1.165) is 12.1 Å². The summed E-state index contributed by atoms with van der Waals surface area (Å²) >= 11 is 0. The lowest BCUT2D eigenvalue weighted by molar-refractivity contribution is -0.137. The van der Waals surface area contributed by atoms with Crippen molar-refractivity contribution in [3.63, 3.8) is 0 Å². The number of benzene rings is 2. The Balaban J connectivity index is 1.96. The smallest absolute Gasteiger partial charge is 0.416 e. The number of aromatic hydroxyl groups is 1. The van der Waals surface area contributed by atoms with Crippen LogP contribution in [0.3, 0.4) is 0 Å². The topological polar surface area (TPSA) is 73.9 Å². The number of phenols is 1. The summed E-state index contributed by atoms with van der Waals surface area (Å²) in [6.07, 6.45) is -4.79. The average Bonchev–Trinajstić information content (AvgIpc) is 2.98. The number of hydrogen-bond acceptors (Lipinski definition) is 5. The van der Waals surface area contributed by atoms with Gasteiger partial charge in [0.2, 0.25) is 0 Å². The van der Waals surface area contributed by atoms with E-state index in [-0.39, 0.29) is 12.3 Å². The zero-order valence-corrected chi connectivity index (χ0v) is 12.5. The highest BCUT2D eigenvalue weighted by molar-refractivity contribution is 6.10. The molecule has 24 heavy (non-hydrogen) atoms. The fourth-order valence-corrected chi connectivity index (χ4v) is 2.39. The van der Waals surface area contributed by atoms with Crippen LogP contribution in [-0.4, -0.2) is 23.7 Å². The van der Waals surface area contributed by atoms with Crippen LogP contribution >= 0.6 is 0 Å². The van der Waals surface area contributed by atoms with Crippen LogP contribution in [0, 0.1) is 0 Å². The summed E-state index contributed by atoms with van der Waals surface area (Å²) in [5.41, 5.74) is 9.07. The first-order valence-electron chi connectivity index (χ1n) is 7.19. The summed E-state index contributed by atoms with van der Waals surface area (Å²) < 4.78 is 38.1. The zero-order chi connectivity index (χ0) is 17.3. The molecule has 3 rings (SSSR count). The van der Waals surface area contributed by atoms with Crippen molar-refractivity contribution in [2.75, 3.05) is 11.6 Å². The van der Waals surface area contributed by atoms with E-state index in [1.165, 1.54) is 24.3 Å². The Morgan fingerprint density at radius 3 is 2.46 bits per heavy atom. The molecule has 1 aliphatic heterocycles. The minimum absolute atomic E-state index is 0.0669. The van der Waals surface area contributed by atoms with E-state index >= 15 is 0 Å². The molecule has 0 saturated carbocycles. The number of hydrogen-bond donors (Lipinski definition) is 3. The average molecular weight is 336 g/mol. The molecule has 0 saturated heterocycles. The molecule has 0 radical (unpaired) electrons. The van der Waals surface area contributed by atoms with Gasteiger partial charge in [0.05, 0.1) is 11.3 Å². The van der Waals surface area contributed by atoms with Gasteiger partial charge in [0, 0.05) is 18.2 Å². The Bertz CT molecular complexity index is 759. The number of hydrazine groups is 1. The Morgan fingerprint density at radius 1 is 1.17 bits per heavy atom. The highest BCUT2D eigenvalue weighted by atomic mass is 19.4. The number of nitrogens with zero attached hydrogens (tertiary/aromatic N) is 2. The maximum atomic E-state index is 12.7. The molecule has 4 N–H and O–H groups in total. The van der Waals surface area contributed by atoms with Gasteiger partial charge in [0.15, 0.2) is 5.84 Å². The molecule has 1 heterocycles. The van der Waals surface area contributed by atoms with Crippen LogP contribution in [0.15, 0.2) is 53.5 Å². The van der Waals surface area contributed by atoms with E-state index in [0.29, 0.717) is 17.1 Å². The highest BCUT2D eigenvalue weighted by Gasteiger charge is 2.31. The highest BCUT2D eigenvalue weighted by Crippen LogP contribution is 2.30. The van der Waals surface area contributed by atoms with E-state index in [1.807, 2.05) is 0 Å². The van der Waals surface area contributed by atoms with Crippen molar-refractivity contribution in [3.05, 3.63) is 59.7 Å². The largest absolute Gasteiger partial charge is 0.508 e. The molecule has 126 valence electrons. The van der Waals surface area contributed by atoms with Crippen LogP contribution < -0.4 is 16.2 Å². The Labute approximate surface area is 136 Å². The minimum Gasteiger partial charge on any atom is -0.508 e. The molecule has 2 aromatic rings. The van der Waals surface area contributed by atoms with Crippen LogP contribution in [0.25, 0.3) is 0 Å². The van der Waals surface area contributed by atoms with Gasteiger partial charge in [-0.2, -0.15) is 13.2 Å². The lowest BCUT2D eigenvalue weighted by Gasteiger charge is -2.22. The summed E-state index contributed by atoms with van der Waals surface area (Å²) in [6.45, 7) is 0.222. The third kappa shape index (κ3) is 3.19. The lowest BCUT2D eigenvalue weighted by Crippen LogP contribution is -2.43. The maximum absolute atomic E-state index is 12.7. The van der Waals surface area contributed by atoms with Gasteiger partial charge >= 0.3 is 6.18 Å². The fourth-order valence-electron chi connectivity index (χ4n) is 2.39. The first-order valence-corrected chi connectivity index (χ1v) is 7.19. The normalized spacial score (nSPS) is 17.9. The number of amidine groups is 1. The quantitative estimate of drug-likeness (QED) is 0.805. The van der Waals surface area contributed by atoms with Crippen molar-refractivity contribution in [2.45, 2.75) is 12.3 Å². The first kappa shape index (κ1) is 16.3. The van der Waals surface area contributed by atoms with Crippen molar-refractivity contribution in [1.82, 2.24) is 5.43 Å². The minimum atomic E-state index is -4.39. The number of nitrogens with two attached hydrogens (primary N) is 1. The van der Waals surface area contributed by atoms with Crippen LogP contribution in [0.4, 0.5) is 18.9 Å². The van der Waals surface area contributed by atoms with Gasteiger partial charge in [0.1, 0.15) is 11.9 Å². The van der Waals surface area contributed by atoms with Gasteiger partial charge in [0.25, 0.3) is 0 Å². The fraction of sp³-hybridized carbons (Fsp3) is 0.188. The molecule has 1 unspecified atom stereocenters. The maximum Gasteiger partial charge on any atom is 0.416 e. The molecule has 0 fully saturated rings. The van der Waals surface area contributed by atoms with Gasteiger partial charge in [-0.15, -0.1) is 0 Å². The lowest BCUT2D eigenvalue weighted by atomic mass is 10.1. The number of anilines is 1. The number of aliphatic imine (C=N–C) groups is 1. The molecule has 0 aliphatic carbocycles. The number of rotatable bonds is 3. The Morgan fingerprint density at radius 2 is 1.88 bits per heavy atom. The third-order valence-electron chi connectivity index (χ3n) is 3.55. The molecule has 0 bridgehead atoms. The monoisotopic (exact) mass is 336 g/mol.